The van der Waals surface area contributed by atoms with E-state index in [0.29, 0.717) is 18.4 Å². The molecular formula is C16H21FO4. The third kappa shape index (κ3) is 4.55. The number of halogens is 1. The molecule has 0 amide bonds. The first-order valence-corrected chi connectivity index (χ1v) is 7.10. The maximum absolute atomic E-state index is 14.3. The van der Waals surface area contributed by atoms with Crippen LogP contribution in [-0.4, -0.2) is 23.7 Å². The SMILES string of the molecule is CCCCOC(=O)c1ccc(CC(C)C)c(F)c1C(=O)O. The minimum absolute atomic E-state index is 0.184. The largest absolute Gasteiger partial charge is 0.478 e. The average Bonchev–Trinajstić information content (AvgIpc) is 2.40. The molecule has 5 heteroatoms. The first-order chi connectivity index (χ1) is 9.88. The zero-order valence-electron chi connectivity index (χ0n) is 12.6. The van der Waals surface area contributed by atoms with E-state index in [0.717, 1.165) is 6.42 Å². The van der Waals surface area contributed by atoms with E-state index in [4.69, 9.17) is 4.74 Å². The maximum Gasteiger partial charge on any atom is 0.339 e. The molecule has 1 aromatic carbocycles. The van der Waals surface area contributed by atoms with Crippen molar-refractivity contribution in [2.24, 2.45) is 5.92 Å². The van der Waals surface area contributed by atoms with Crippen molar-refractivity contribution < 1.29 is 23.8 Å². The third-order valence-corrected chi connectivity index (χ3v) is 3.01. The van der Waals surface area contributed by atoms with Gasteiger partial charge in [0.1, 0.15) is 11.4 Å². The van der Waals surface area contributed by atoms with E-state index in [1.807, 2.05) is 20.8 Å². The van der Waals surface area contributed by atoms with Crippen molar-refractivity contribution in [3.8, 4) is 0 Å². The molecule has 0 bridgehead atoms. The van der Waals surface area contributed by atoms with Crippen molar-refractivity contribution >= 4 is 11.9 Å². The molecule has 21 heavy (non-hydrogen) atoms. The Morgan fingerprint density at radius 1 is 1.33 bits per heavy atom. The van der Waals surface area contributed by atoms with E-state index in [1.165, 1.54) is 12.1 Å². The predicted molar refractivity (Wildman–Crippen MR) is 77.1 cm³/mol. The van der Waals surface area contributed by atoms with Gasteiger partial charge in [-0.15, -0.1) is 0 Å². The highest BCUT2D eigenvalue weighted by Gasteiger charge is 2.24. The van der Waals surface area contributed by atoms with Gasteiger partial charge < -0.3 is 9.84 Å². The second kappa shape index (κ2) is 7.76. The Kier molecular flexibility index (Phi) is 6.34. The summed E-state index contributed by atoms with van der Waals surface area (Å²) in [6, 6.07) is 2.79. The molecule has 0 aliphatic carbocycles. The Morgan fingerprint density at radius 3 is 2.52 bits per heavy atom. The molecule has 0 heterocycles. The normalized spacial score (nSPS) is 10.7. The molecule has 1 N–H and O–H groups in total. The van der Waals surface area contributed by atoms with Gasteiger partial charge in [0.15, 0.2) is 0 Å². The van der Waals surface area contributed by atoms with E-state index in [-0.39, 0.29) is 18.1 Å². The summed E-state index contributed by atoms with van der Waals surface area (Å²) in [5.74, 6) is -2.92. The van der Waals surface area contributed by atoms with Crippen molar-refractivity contribution in [1.82, 2.24) is 0 Å². The van der Waals surface area contributed by atoms with Gasteiger partial charge in [0, 0.05) is 0 Å². The van der Waals surface area contributed by atoms with Gasteiger partial charge in [0.05, 0.1) is 12.2 Å². The van der Waals surface area contributed by atoms with Crippen LogP contribution in [0.1, 0.15) is 59.9 Å². The van der Waals surface area contributed by atoms with Gasteiger partial charge in [-0.25, -0.2) is 14.0 Å². The predicted octanol–water partition coefficient (Wildman–Crippen LogP) is 3.68. The molecule has 1 rings (SSSR count). The molecule has 4 nitrogen and oxygen atoms in total. The lowest BCUT2D eigenvalue weighted by molar-refractivity contribution is 0.0488. The molecule has 0 aromatic heterocycles. The number of hydrogen-bond donors (Lipinski definition) is 1. The molecule has 0 fully saturated rings. The van der Waals surface area contributed by atoms with Crippen molar-refractivity contribution in [2.75, 3.05) is 6.61 Å². The van der Waals surface area contributed by atoms with Crippen LogP contribution < -0.4 is 0 Å². The summed E-state index contributed by atoms with van der Waals surface area (Å²) in [6.45, 7) is 5.96. The molecule has 0 radical (unpaired) electrons. The van der Waals surface area contributed by atoms with Gasteiger partial charge in [-0.1, -0.05) is 33.3 Å². The van der Waals surface area contributed by atoms with Crippen LogP contribution in [0.2, 0.25) is 0 Å². The summed E-state index contributed by atoms with van der Waals surface area (Å²) in [5, 5.41) is 9.18. The van der Waals surface area contributed by atoms with Gasteiger partial charge in [0.2, 0.25) is 0 Å². The summed E-state index contributed by atoms with van der Waals surface area (Å²) < 4.78 is 19.3. The number of ether oxygens (including phenoxy) is 1. The van der Waals surface area contributed by atoms with Crippen LogP contribution in [0.15, 0.2) is 12.1 Å². The van der Waals surface area contributed by atoms with E-state index in [1.54, 1.807) is 0 Å². The smallest absolute Gasteiger partial charge is 0.339 e. The number of benzene rings is 1. The Labute approximate surface area is 123 Å². The van der Waals surface area contributed by atoms with Crippen LogP contribution in [0, 0.1) is 11.7 Å². The molecule has 0 aliphatic rings. The summed E-state index contributed by atoms with van der Waals surface area (Å²) in [5.41, 5.74) is -0.536. The second-order valence-corrected chi connectivity index (χ2v) is 5.35. The number of carbonyl (C=O) groups excluding carboxylic acids is 1. The highest BCUT2D eigenvalue weighted by molar-refractivity contribution is 6.02. The van der Waals surface area contributed by atoms with Gasteiger partial charge in [-0.2, -0.15) is 0 Å². The third-order valence-electron chi connectivity index (χ3n) is 3.01. The number of unbranched alkanes of at least 4 members (excludes halogenated alkanes) is 1. The lowest BCUT2D eigenvalue weighted by Gasteiger charge is -2.12. The number of carboxylic acids is 1. The summed E-state index contributed by atoms with van der Waals surface area (Å²) in [7, 11) is 0. The monoisotopic (exact) mass is 296 g/mol. The highest BCUT2D eigenvalue weighted by Crippen LogP contribution is 2.21. The van der Waals surface area contributed by atoms with Gasteiger partial charge in [-0.05, 0) is 30.4 Å². The number of carbonyl (C=O) groups is 2. The zero-order valence-corrected chi connectivity index (χ0v) is 12.6. The highest BCUT2D eigenvalue weighted by atomic mass is 19.1. The number of carboxylic acid groups (broad SMARTS) is 1. The summed E-state index contributed by atoms with van der Waals surface area (Å²) >= 11 is 0. The van der Waals surface area contributed by atoms with Crippen molar-refractivity contribution in [2.45, 2.75) is 40.0 Å². The second-order valence-electron chi connectivity index (χ2n) is 5.35. The quantitative estimate of drug-likeness (QED) is 0.616. The van der Waals surface area contributed by atoms with E-state index in [2.05, 4.69) is 0 Å². The molecule has 116 valence electrons. The Bertz CT molecular complexity index is 523. The van der Waals surface area contributed by atoms with E-state index < -0.39 is 23.3 Å². The van der Waals surface area contributed by atoms with E-state index >= 15 is 0 Å². The first-order valence-electron chi connectivity index (χ1n) is 7.10. The van der Waals surface area contributed by atoms with Crippen LogP contribution >= 0.6 is 0 Å². The number of esters is 1. The number of hydrogen-bond acceptors (Lipinski definition) is 3. The Balaban J connectivity index is 3.12. The summed E-state index contributed by atoms with van der Waals surface area (Å²) in [4.78, 5) is 23.1. The molecular weight excluding hydrogens is 275 g/mol. The van der Waals surface area contributed by atoms with Gasteiger partial charge >= 0.3 is 11.9 Å². The lowest BCUT2D eigenvalue weighted by Crippen LogP contribution is -2.16. The maximum atomic E-state index is 14.3. The van der Waals surface area contributed by atoms with Crippen molar-refractivity contribution in [3.63, 3.8) is 0 Å². The molecule has 0 saturated carbocycles. The van der Waals surface area contributed by atoms with Crippen LogP contribution in [0.5, 0.6) is 0 Å². The Morgan fingerprint density at radius 2 is 2.00 bits per heavy atom. The first kappa shape index (κ1) is 17.1. The number of aromatic carboxylic acids is 1. The van der Waals surface area contributed by atoms with Gasteiger partial charge in [-0.3, -0.25) is 0 Å². The Hall–Kier alpha value is -1.91. The fourth-order valence-electron chi connectivity index (χ4n) is 1.98. The fraction of sp³-hybridized carbons (Fsp3) is 0.500. The average molecular weight is 296 g/mol. The standard InChI is InChI=1S/C16H21FO4/c1-4-5-8-21-16(20)12-7-6-11(9-10(2)3)14(17)13(12)15(18)19/h6-7,10H,4-5,8-9H2,1-3H3,(H,18,19). The van der Waals surface area contributed by atoms with Crippen LogP contribution in [0.4, 0.5) is 4.39 Å². The molecule has 0 atom stereocenters. The van der Waals surface area contributed by atoms with Crippen molar-refractivity contribution in [1.29, 1.82) is 0 Å². The van der Waals surface area contributed by atoms with E-state index in [9.17, 15) is 19.1 Å². The van der Waals surface area contributed by atoms with Crippen LogP contribution in [0.25, 0.3) is 0 Å². The number of rotatable bonds is 7. The lowest BCUT2D eigenvalue weighted by atomic mass is 9.97. The summed E-state index contributed by atoms with van der Waals surface area (Å²) in [6.07, 6.45) is 1.94. The molecule has 0 unspecified atom stereocenters. The zero-order chi connectivity index (χ0) is 16.0. The van der Waals surface area contributed by atoms with Crippen molar-refractivity contribution in [3.05, 3.63) is 34.6 Å². The molecule has 1 aromatic rings. The fourth-order valence-corrected chi connectivity index (χ4v) is 1.98. The minimum atomic E-state index is -1.46. The van der Waals surface area contributed by atoms with Crippen LogP contribution in [0.3, 0.4) is 0 Å². The molecule has 0 saturated heterocycles. The minimum Gasteiger partial charge on any atom is -0.478 e. The van der Waals surface area contributed by atoms with Gasteiger partial charge in [0.25, 0.3) is 0 Å². The molecule has 0 spiro atoms. The topological polar surface area (TPSA) is 63.6 Å². The van der Waals surface area contributed by atoms with Crippen LogP contribution in [-0.2, 0) is 11.2 Å². The molecule has 0 aliphatic heterocycles.